The Morgan fingerprint density at radius 3 is 2.60 bits per heavy atom. The molecule has 0 bridgehead atoms. The monoisotopic (exact) mass is 162 g/mol. The van der Waals surface area contributed by atoms with Crippen molar-refractivity contribution in [3.8, 4) is 0 Å². The third-order valence-corrected chi connectivity index (χ3v) is 2.68. The zero-order valence-corrected chi connectivity index (χ0v) is 7.49. The van der Waals surface area contributed by atoms with E-state index >= 15 is 0 Å². The summed E-state index contributed by atoms with van der Waals surface area (Å²) in [6.45, 7) is 3.79. The highest BCUT2D eigenvalue weighted by Gasteiger charge is 1.97. The van der Waals surface area contributed by atoms with Crippen molar-refractivity contribution in [2.45, 2.75) is 13.3 Å². The predicted octanol–water partition coefficient (Wildman–Crippen LogP) is 0.663. The summed E-state index contributed by atoms with van der Waals surface area (Å²) in [5.41, 5.74) is 10.8. The second-order valence-corrected chi connectivity index (χ2v) is 3.71. The summed E-state index contributed by atoms with van der Waals surface area (Å²) in [6, 6.07) is 0. The van der Waals surface area contributed by atoms with Gasteiger partial charge in [-0.25, -0.2) is 0 Å². The minimum absolute atomic E-state index is 0.655. The van der Waals surface area contributed by atoms with Gasteiger partial charge in [0, 0.05) is 0 Å². The normalized spacial score (nSPS) is 13.5. The highest BCUT2D eigenvalue weighted by molar-refractivity contribution is 7.99. The van der Waals surface area contributed by atoms with E-state index in [9.17, 15) is 0 Å². The molecule has 0 heterocycles. The van der Waals surface area contributed by atoms with Crippen LogP contribution < -0.4 is 11.5 Å². The van der Waals surface area contributed by atoms with Crippen LogP contribution in [0.25, 0.3) is 0 Å². The van der Waals surface area contributed by atoms with Crippen LogP contribution in [0.1, 0.15) is 13.3 Å². The quantitative estimate of drug-likeness (QED) is 0.564. The molecule has 0 aromatic heterocycles. The van der Waals surface area contributed by atoms with Crippen LogP contribution in [0, 0.1) is 5.92 Å². The van der Waals surface area contributed by atoms with E-state index in [0.29, 0.717) is 5.92 Å². The molecule has 10 heavy (non-hydrogen) atoms. The second-order valence-electron chi connectivity index (χ2n) is 2.56. The first-order chi connectivity index (χ1) is 4.81. The van der Waals surface area contributed by atoms with Gasteiger partial charge in [-0.15, -0.1) is 0 Å². The number of rotatable bonds is 6. The van der Waals surface area contributed by atoms with Crippen molar-refractivity contribution < 1.29 is 0 Å². The Labute approximate surface area is 67.7 Å². The van der Waals surface area contributed by atoms with E-state index < -0.39 is 0 Å². The Hall–Kier alpha value is 0.270. The zero-order valence-electron chi connectivity index (χ0n) is 6.68. The van der Waals surface area contributed by atoms with Crippen molar-refractivity contribution in [2.75, 3.05) is 24.6 Å². The molecule has 0 aliphatic carbocycles. The molecule has 0 aromatic carbocycles. The largest absolute Gasteiger partial charge is 0.330 e. The van der Waals surface area contributed by atoms with Crippen molar-refractivity contribution in [1.82, 2.24) is 0 Å². The summed E-state index contributed by atoms with van der Waals surface area (Å²) in [7, 11) is 0. The van der Waals surface area contributed by atoms with E-state index in [0.717, 1.165) is 19.5 Å². The van der Waals surface area contributed by atoms with Gasteiger partial charge in [0.2, 0.25) is 0 Å². The van der Waals surface area contributed by atoms with Crippen LogP contribution in [-0.4, -0.2) is 24.6 Å². The molecular formula is C7H18N2S. The Kier molecular flexibility index (Phi) is 7.58. The van der Waals surface area contributed by atoms with Gasteiger partial charge in [0.05, 0.1) is 0 Å². The molecule has 4 N–H and O–H groups in total. The maximum atomic E-state index is 5.45. The maximum Gasteiger partial charge on any atom is -0.00297 e. The zero-order chi connectivity index (χ0) is 7.82. The molecule has 2 nitrogen and oxygen atoms in total. The third-order valence-electron chi connectivity index (χ3n) is 1.30. The molecule has 0 amide bonds. The fourth-order valence-corrected chi connectivity index (χ4v) is 1.61. The van der Waals surface area contributed by atoms with Gasteiger partial charge in [-0.2, -0.15) is 11.8 Å². The molecule has 1 atom stereocenters. The second kappa shape index (κ2) is 7.38. The lowest BCUT2D eigenvalue weighted by Crippen LogP contribution is -2.13. The number of hydrogen-bond acceptors (Lipinski definition) is 3. The molecule has 0 radical (unpaired) electrons. The van der Waals surface area contributed by atoms with E-state index in [1.807, 2.05) is 11.8 Å². The summed E-state index contributed by atoms with van der Waals surface area (Å²) >= 11 is 1.95. The summed E-state index contributed by atoms with van der Waals surface area (Å²) in [5.74, 6) is 3.01. The average molecular weight is 162 g/mol. The standard InChI is InChI=1S/C7H18N2S/c1-7(5-9)6-10-4-2-3-8/h7H,2-6,8-9H2,1H3. The first-order valence-corrected chi connectivity index (χ1v) is 4.94. The van der Waals surface area contributed by atoms with Crippen LogP contribution in [0.2, 0.25) is 0 Å². The fourth-order valence-electron chi connectivity index (χ4n) is 0.538. The fraction of sp³-hybridized carbons (Fsp3) is 1.00. The van der Waals surface area contributed by atoms with Crippen molar-refractivity contribution >= 4 is 11.8 Å². The first-order valence-electron chi connectivity index (χ1n) is 3.79. The Balaban J connectivity index is 2.89. The van der Waals surface area contributed by atoms with Gasteiger partial charge in [-0.3, -0.25) is 0 Å². The van der Waals surface area contributed by atoms with Crippen molar-refractivity contribution in [1.29, 1.82) is 0 Å². The first kappa shape index (κ1) is 10.3. The van der Waals surface area contributed by atoms with Crippen molar-refractivity contribution in [3.05, 3.63) is 0 Å². The smallest absolute Gasteiger partial charge is 0.00297 e. The van der Waals surface area contributed by atoms with E-state index in [2.05, 4.69) is 6.92 Å². The van der Waals surface area contributed by atoms with Crippen LogP contribution in [-0.2, 0) is 0 Å². The third kappa shape index (κ3) is 6.39. The molecule has 0 aromatic rings. The van der Waals surface area contributed by atoms with E-state index in [1.54, 1.807) is 0 Å². The van der Waals surface area contributed by atoms with Gasteiger partial charge in [-0.05, 0) is 36.9 Å². The molecule has 0 spiro atoms. The lowest BCUT2D eigenvalue weighted by molar-refractivity contribution is 0.675. The molecule has 0 aliphatic heterocycles. The van der Waals surface area contributed by atoms with E-state index in [4.69, 9.17) is 11.5 Å². The van der Waals surface area contributed by atoms with Crippen molar-refractivity contribution in [3.63, 3.8) is 0 Å². The number of nitrogens with two attached hydrogens (primary N) is 2. The molecule has 0 saturated carbocycles. The molecule has 0 saturated heterocycles. The molecule has 3 heteroatoms. The van der Waals surface area contributed by atoms with Crippen LogP contribution in [0.3, 0.4) is 0 Å². The van der Waals surface area contributed by atoms with Gasteiger partial charge < -0.3 is 11.5 Å². The summed E-state index contributed by atoms with van der Waals surface area (Å²) in [6.07, 6.45) is 1.13. The highest BCUT2D eigenvalue weighted by Crippen LogP contribution is 2.07. The minimum atomic E-state index is 0.655. The molecule has 0 fully saturated rings. The van der Waals surface area contributed by atoms with E-state index in [1.165, 1.54) is 11.5 Å². The van der Waals surface area contributed by atoms with Gasteiger partial charge in [-0.1, -0.05) is 6.92 Å². The highest BCUT2D eigenvalue weighted by atomic mass is 32.2. The van der Waals surface area contributed by atoms with Crippen LogP contribution in [0.4, 0.5) is 0 Å². The average Bonchev–Trinajstić information content (AvgIpc) is 1.98. The minimum Gasteiger partial charge on any atom is -0.330 e. The summed E-state index contributed by atoms with van der Waals surface area (Å²) in [5, 5.41) is 0. The van der Waals surface area contributed by atoms with Crippen LogP contribution >= 0.6 is 11.8 Å². The predicted molar refractivity (Wildman–Crippen MR) is 49.2 cm³/mol. The number of thioether (sulfide) groups is 1. The Morgan fingerprint density at radius 1 is 1.40 bits per heavy atom. The molecule has 62 valence electrons. The maximum absolute atomic E-state index is 5.45. The van der Waals surface area contributed by atoms with Crippen LogP contribution in [0.15, 0.2) is 0 Å². The lowest BCUT2D eigenvalue weighted by atomic mass is 10.2. The molecular weight excluding hydrogens is 144 g/mol. The summed E-state index contributed by atoms with van der Waals surface area (Å²) in [4.78, 5) is 0. The Bertz CT molecular complexity index is 68.6. The van der Waals surface area contributed by atoms with Crippen LogP contribution in [0.5, 0.6) is 0 Å². The van der Waals surface area contributed by atoms with E-state index in [-0.39, 0.29) is 0 Å². The van der Waals surface area contributed by atoms with Gasteiger partial charge >= 0.3 is 0 Å². The van der Waals surface area contributed by atoms with Gasteiger partial charge in [0.15, 0.2) is 0 Å². The molecule has 0 rings (SSSR count). The molecule has 1 unspecified atom stereocenters. The SMILES string of the molecule is CC(CN)CSCCCN. The Morgan fingerprint density at radius 2 is 2.10 bits per heavy atom. The summed E-state index contributed by atoms with van der Waals surface area (Å²) < 4.78 is 0. The van der Waals surface area contributed by atoms with Crippen molar-refractivity contribution in [2.24, 2.45) is 17.4 Å². The van der Waals surface area contributed by atoms with Gasteiger partial charge in [0.25, 0.3) is 0 Å². The topological polar surface area (TPSA) is 52.0 Å². The lowest BCUT2D eigenvalue weighted by Gasteiger charge is -2.06. The number of hydrogen-bond donors (Lipinski definition) is 2. The van der Waals surface area contributed by atoms with Gasteiger partial charge in [0.1, 0.15) is 0 Å². The molecule has 0 aliphatic rings.